The van der Waals surface area contributed by atoms with Crippen LogP contribution in [0.25, 0.3) is 0 Å². The van der Waals surface area contributed by atoms with Crippen LogP contribution in [0.15, 0.2) is 42.5 Å². The van der Waals surface area contributed by atoms with Crippen molar-refractivity contribution in [3.8, 4) is 5.75 Å². The summed E-state index contributed by atoms with van der Waals surface area (Å²) in [5.74, 6) is 0.371. The number of carbonyl (C=O) groups excluding carboxylic acids is 2. The van der Waals surface area contributed by atoms with Gasteiger partial charge in [0.1, 0.15) is 5.75 Å². The third-order valence-corrected chi connectivity index (χ3v) is 3.68. The Morgan fingerprint density at radius 1 is 1.12 bits per heavy atom. The summed E-state index contributed by atoms with van der Waals surface area (Å²) in [6, 6.07) is 13.3. The van der Waals surface area contributed by atoms with Crippen molar-refractivity contribution in [1.82, 2.24) is 5.32 Å². The Bertz CT molecular complexity index is 741. The fourth-order valence-corrected chi connectivity index (χ4v) is 2.40. The summed E-state index contributed by atoms with van der Waals surface area (Å²) in [6.45, 7) is 3.82. The fourth-order valence-electron chi connectivity index (χ4n) is 2.40. The van der Waals surface area contributed by atoms with E-state index in [1.165, 1.54) is 6.92 Å². The number of hydrogen-bond acceptors (Lipinski definition) is 3. The van der Waals surface area contributed by atoms with Gasteiger partial charge in [0.2, 0.25) is 11.8 Å². The number of ether oxygens (including phenoxy) is 1. The highest BCUT2D eigenvalue weighted by Gasteiger charge is 2.08. The van der Waals surface area contributed by atoms with Crippen molar-refractivity contribution in [3.63, 3.8) is 0 Å². The highest BCUT2D eigenvalue weighted by molar-refractivity contribution is 5.90. The molecule has 0 aliphatic rings. The van der Waals surface area contributed by atoms with E-state index in [0.717, 1.165) is 16.7 Å². The third-order valence-electron chi connectivity index (χ3n) is 3.68. The predicted molar refractivity (Wildman–Crippen MR) is 94.0 cm³/mol. The average molecular weight is 326 g/mol. The molecule has 126 valence electrons. The molecule has 0 bridgehead atoms. The Hall–Kier alpha value is -2.82. The van der Waals surface area contributed by atoms with E-state index in [2.05, 4.69) is 10.6 Å². The van der Waals surface area contributed by atoms with Crippen LogP contribution in [0.3, 0.4) is 0 Å². The number of aryl methyl sites for hydroxylation is 1. The fraction of sp³-hybridized carbons (Fsp3) is 0.263. The summed E-state index contributed by atoms with van der Waals surface area (Å²) in [5.41, 5.74) is 3.60. The van der Waals surface area contributed by atoms with Crippen LogP contribution in [-0.4, -0.2) is 18.9 Å². The van der Waals surface area contributed by atoms with Crippen LogP contribution in [-0.2, 0) is 22.6 Å². The first-order valence-electron chi connectivity index (χ1n) is 7.75. The molecule has 2 aromatic rings. The second-order valence-corrected chi connectivity index (χ2v) is 5.60. The summed E-state index contributed by atoms with van der Waals surface area (Å²) in [5, 5.41) is 5.62. The molecule has 24 heavy (non-hydrogen) atoms. The summed E-state index contributed by atoms with van der Waals surface area (Å²) in [6.07, 6.45) is 0.349. The van der Waals surface area contributed by atoms with Gasteiger partial charge in [-0.25, -0.2) is 0 Å². The number of rotatable bonds is 6. The molecule has 0 unspecified atom stereocenters. The van der Waals surface area contributed by atoms with E-state index in [4.69, 9.17) is 4.74 Å². The number of anilines is 1. The van der Waals surface area contributed by atoms with Crippen LogP contribution >= 0.6 is 0 Å². The van der Waals surface area contributed by atoms with Gasteiger partial charge in [-0.1, -0.05) is 30.3 Å². The van der Waals surface area contributed by atoms with Crippen molar-refractivity contribution >= 4 is 17.5 Å². The standard InChI is InChI=1S/C19H22N2O3/c1-13-6-4-5-7-16(13)11-19(23)20-12-15-8-9-18(24-3)17(10-15)21-14(2)22/h4-10H,11-12H2,1-3H3,(H,20,23)(H,21,22). The van der Waals surface area contributed by atoms with Crippen LogP contribution in [0.2, 0.25) is 0 Å². The van der Waals surface area contributed by atoms with E-state index in [1.807, 2.05) is 37.3 Å². The predicted octanol–water partition coefficient (Wildman–Crippen LogP) is 2.82. The molecule has 0 saturated heterocycles. The van der Waals surface area contributed by atoms with Gasteiger partial charge in [-0.2, -0.15) is 0 Å². The van der Waals surface area contributed by atoms with E-state index in [1.54, 1.807) is 19.2 Å². The summed E-state index contributed by atoms with van der Waals surface area (Å²) in [7, 11) is 1.55. The maximum atomic E-state index is 12.1. The van der Waals surface area contributed by atoms with E-state index in [0.29, 0.717) is 24.4 Å². The van der Waals surface area contributed by atoms with E-state index in [-0.39, 0.29) is 11.8 Å². The number of benzene rings is 2. The molecule has 0 aliphatic carbocycles. The Morgan fingerprint density at radius 3 is 2.54 bits per heavy atom. The van der Waals surface area contributed by atoms with Crippen molar-refractivity contribution in [2.75, 3.05) is 12.4 Å². The molecule has 2 aromatic carbocycles. The lowest BCUT2D eigenvalue weighted by atomic mass is 10.1. The van der Waals surface area contributed by atoms with Crippen molar-refractivity contribution in [1.29, 1.82) is 0 Å². The normalized spacial score (nSPS) is 10.1. The maximum absolute atomic E-state index is 12.1. The molecular formula is C19H22N2O3. The van der Waals surface area contributed by atoms with E-state index >= 15 is 0 Å². The molecule has 0 spiro atoms. The van der Waals surface area contributed by atoms with Gasteiger partial charge in [0.05, 0.1) is 19.2 Å². The van der Waals surface area contributed by atoms with Gasteiger partial charge in [-0.3, -0.25) is 9.59 Å². The molecule has 0 aliphatic heterocycles. The minimum Gasteiger partial charge on any atom is -0.495 e. The van der Waals surface area contributed by atoms with Gasteiger partial charge in [-0.05, 0) is 35.7 Å². The zero-order chi connectivity index (χ0) is 17.5. The minimum absolute atomic E-state index is 0.0406. The van der Waals surface area contributed by atoms with Gasteiger partial charge >= 0.3 is 0 Å². The molecule has 0 saturated carbocycles. The van der Waals surface area contributed by atoms with Gasteiger partial charge in [0.15, 0.2) is 0 Å². The van der Waals surface area contributed by atoms with Crippen LogP contribution in [0, 0.1) is 6.92 Å². The largest absolute Gasteiger partial charge is 0.495 e. The van der Waals surface area contributed by atoms with Crippen LogP contribution in [0.1, 0.15) is 23.6 Å². The Kier molecular flexibility index (Phi) is 5.95. The van der Waals surface area contributed by atoms with Crippen molar-refractivity contribution in [2.24, 2.45) is 0 Å². The van der Waals surface area contributed by atoms with Crippen LogP contribution in [0.5, 0.6) is 5.75 Å². The SMILES string of the molecule is COc1ccc(CNC(=O)Cc2ccccc2C)cc1NC(C)=O. The monoisotopic (exact) mass is 326 g/mol. The number of amides is 2. The first-order valence-corrected chi connectivity index (χ1v) is 7.75. The molecule has 0 atom stereocenters. The zero-order valence-electron chi connectivity index (χ0n) is 14.2. The number of nitrogens with one attached hydrogen (secondary N) is 2. The maximum Gasteiger partial charge on any atom is 0.224 e. The highest BCUT2D eigenvalue weighted by Crippen LogP contribution is 2.25. The third kappa shape index (κ3) is 4.84. The molecule has 2 rings (SSSR count). The first-order chi connectivity index (χ1) is 11.5. The van der Waals surface area contributed by atoms with Crippen molar-refractivity contribution in [3.05, 3.63) is 59.2 Å². The van der Waals surface area contributed by atoms with Crippen molar-refractivity contribution in [2.45, 2.75) is 26.8 Å². The lowest BCUT2D eigenvalue weighted by Gasteiger charge is -2.12. The molecule has 5 nitrogen and oxygen atoms in total. The van der Waals surface area contributed by atoms with Crippen molar-refractivity contribution < 1.29 is 14.3 Å². The second-order valence-electron chi connectivity index (χ2n) is 5.60. The summed E-state index contributed by atoms with van der Waals surface area (Å²) in [4.78, 5) is 23.4. The van der Waals surface area contributed by atoms with Gasteiger partial charge in [0.25, 0.3) is 0 Å². The van der Waals surface area contributed by atoms with Crippen LogP contribution < -0.4 is 15.4 Å². The molecule has 2 N–H and O–H groups in total. The van der Waals surface area contributed by atoms with Gasteiger partial charge in [-0.15, -0.1) is 0 Å². The highest BCUT2D eigenvalue weighted by atomic mass is 16.5. The molecule has 5 heteroatoms. The van der Waals surface area contributed by atoms with Crippen LogP contribution in [0.4, 0.5) is 5.69 Å². The van der Waals surface area contributed by atoms with Gasteiger partial charge < -0.3 is 15.4 Å². The molecule has 2 amide bonds. The Balaban J connectivity index is 1.99. The number of methoxy groups -OCH3 is 1. The lowest BCUT2D eigenvalue weighted by molar-refractivity contribution is -0.120. The molecular weight excluding hydrogens is 304 g/mol. The van der Waals surface area contributed by atoms with Gasteiger partial charge in [0, 0.05) is 13.5 Å². The topological polar surface area (TPSA) is 67.4 Å². The quantitative estimate of drug-likeness (QED) is 0.858. The summed E-state index contributed by atoms with van der Waals surface area (Å²) >= 11 is 0. The van der Waals surface area contributed by atoms with E-state index < -0.39 is 0 Å². The smallest absolute Gasteiger partial charge is 0.224 e. The lowest BCUT2D eigenvalue weighted by Crippen LogP contribution is -2.25. The Labute approximate surface area is 142 Å². The molecule has 0 aromatic heterocycles. The minimum atomic E-state index is -0.172. The number of carbonyl (C=O) groups is 2. The number of hydrogen-bond donors (Lipinski definition) is 2. The molecule has 0 heterocycles. The van der Waals surface area contributed by atoms with E-state index in [9.17, 15) is 9.59 Å². The Morgan fingerprint density at radius 2 is 1.88 bits per heavy atom. The second kappa shape index (κ2) is 8.15. The average Bonchev–Trinajstić information content (AvgIpc) is 2.55. The zero-order valence-corrected chi connectivity index (χ0v) is 14.2. The summed E-state index contributed by atoms with van der Waals surface area (Å²) < 4.78 is 5.22. The molecule has 0 radical (unpaired) electrons. The molecule has 0 fully saturated rings. The first kappa shape index (κ1) is 17.5.